The van der Waals surface area contributed by atoms with Crippen LogP contribution in [-0.2, 0) is 15.8 Å². The Hall–Kier alpha value is -2.14. The minimum absolute atomic E-state index is 0.0801. The lowest BCUT2D eigenvalue weighted by molar-refractivity contribution is 0.112. The molecule has 0 heterocycles. The van der Waals surface area contributed by atoms with Crippen molar-refractivity contribution in [1.29, 1.82) is 0 Å². The molecule has 0 fully saturated rings. The van der Waals surface area contributed by atoms with Crippen LogP contribution in [0.4, 0.5) is 5.69 Å². The molecule has 98 valence electrons. The molecule has 5 heteroatoms. The lowest BCUT2D eigenvalue weighted by Crippen LogP contribution is -2.14. The summed E-state index contributed by atoms with van der Waals surface area (Å²) in [5.41, 5.74) is 1.67. The molecule has 2 aromatic carbocycles. The van der Waals surface area contributed by atoms with E-state index in [4.69, 9.17) is 0 Å². The summed E-state index contributed by atoms with van der Waals surface area (Å²) in [6.07, 6.45) is 0.711. The van der Waals surface area contributed by atoms with Crippen LogP contribution in [0.2, 0.25) is 0 Å². The van der Waals surface area contributed by atoms with E-state index >= 15 is 0 Å². The van der Waals surface area contributed by atoms with E-state index in [-0.39, 0.29) is 5.75 Å². The predicted molar refractivity (Wildman–Crippen MR) is 74.5 cm³/mol. The molecule has 0 saturated carbocycles. The van der Waals surface area contributed by atoms with Gasteiger partial charge in [-0.15, -0.1) is 0 Å². The Balaban J connectivity index is 2.10. The van der Waals surface area contributed by atoms with Gasteiger partial charge in [0.1, 0.15) is 6.29 Å². The zero-order valence-corrected chi connectivity index (χ0v) is 10.9. The van der Waals surface area contributed by atoms with Crippen molar-refractivity contribution >= 4 is 22.0 Å². The van der Waals surface area contributed by atoms with Gasteiger partial charge in [-0.1, -0.05) is 30.3 Å². The summed E-state index contributed by atoms with van der Waals surface area (Å²) in [6, 6.07) is 15.2. The van der Waals surface area contributed by atoms with Crippen LogP contribution in [-0.4, -0.2) is 14.7 Å². The van der Waals surface area contributed by atoms with Crippen molar-refractivity contribution in [2.75, 3.05) is 4.72 Å². The first kappa shape index (κ1) is 13.3. The second-order valence-corrected chi connectivity index (χ2v) is 5.81. The highest BCUT2D eigenvalue weighted by molar-refractivity contribution is 7.91. The smallest absolute Gasteiger partial charge is 0.236 e. The minimum Gasteiger partial charge on any atom is -0.298 e. The largest absolute Gasteiger partial charge is 0.298 e. The highest BCUT2D eigenvalue weighted by Gasteiger charge is 2.11. The van der Waals surface area contributed by atoms with Gasteiger partial charge < -0.3 is 0 Å². The summed E-state index contributed by atoms with van der Waals surface area (Å²) in [5, 5.41) is 0. The quantitative estimate of drug-likeness (QED) is 0.852. The zero-order chi connectivity index (χ0) is 13.7. The van der Waals surface area contributed by atoms with E-state index in [0.29, 0.717) is 17.5 Å². The maximum Gasteiger partial charge on any atom is 0.236 e. The Morgan fingerprint density at radius 2 is 1.58 bits per heavy atom. The van der Waals surface area contributed by atoms with Gasteiger partial charge in [0.15, 0.2) is 0 Å². The number of hydrogen-bond acceptors (Lipinski definition) is 3. The molecule has 2 rings (SSSR count). The van der Waals surface area contributed by atoms with Crippen molar-refractivity contribution < 1.29 is 13.2 Å². The lowest BCUT2D eigenvalue weighted by Gasteiger charge is -2.08. The molecule has 0 aliphatic rings. The van der Waals surface area contributed by atoms with Crippen LogP contribution in [0, 0.1) is 0 Å². The monoisotopic (exact) mass is 275 g/mol. The molecule has 1 N–H and O–H groups in total. The van der Waals surface area contributed by atoms with E-state index in [2.05, 4.69) is 4.72 Å². The summed E-state index contributed by atoms with van der Waals surface area (Å²) >= 11 is 0. The number of hydrogen-bond donors (Lipinski definition) is 1. The highest BCUT2D eigenvalue weighted by Crippen LogP contribution is 2.13. The molecule has 0 unspecified atom stereocenters. The molecule has 0 aliphatic heterocycles. The van der Waals surface area contributed by atoms with Gasteiger partial charge in [-0.25, -0.2) is 8.42 Å². The second kappa shape index (κ2) is 5.67. The first-order valence-corrected chi connectivity index (χ1v) is 7.34. The van der Waals surface area contributed by atoms with Crippen molar-refractivity contribution in [3.8, 4) is 0 Å². The SMILES string of the molecule is O=Cc1ccc(NS(=O)(=O)Cc2ccccc2)cc1. The summed E-state index contributed by atoms with van der Waals surface area (Å²) in [4.78, 5) is 10.5. The third-order valence-electron chi connectivity index (χ3n) is 2.52. The molecule has 0 amide bonds. The molecule has 0 bridgehead atoms. The summed E-state index contributed by atoms with van der Waals surface area (Å²) in [7, 11) is -3.45. The van der Waals surface area contributed by atoms with E-state index < -0.39 is 10.0 Å². The second-order valence-electron chi connectivity index (χ2n) is 4.09. The topological polar surface area (TPSA) is 63.2 Å². The fourth-order valence-electron chi connectivity index (χ4n) is 1.64. The van der Waals surface area contributed by atoms with Gasteiger partial charge in [-0.2, -0.15) is 0 Å². The number of benzene rings is 2. The maximum atomic E-state index is 11.9. The molecular weight excluding hydrogens is 262 g/mol. The third kappa shape index (κ3) is 3.93. The Labute approximate surface area is 112 Å². The van der Waals surface area contributed by atoms with Crippen molar-refractivity contribution in [2.45, 2.75) is 5.75 Å². The third-order valence-corrected chi connectivity index (χ3v) is 3.78. The highest BCUT2D eigenvalue weighted by atomic mass is 32.2. The number of sulfonamides is 1. The van der Waals surface area contributed by atoms with Gasteiger partial charge in [0.2, 0.25) is 10.0 Å². The molecule has 19 heavy (non-hydrogen) atoms. The van der Waals surface area contributed by atoms with Crippen molar-refractivity contribution in [3.05, 3.63) is 65.7 Å². The molecular formula is C14H13NO3S. The normalized spacial score (nSPS) is 10.9. The Kier molecular flexibility index (Phi) is 3.97. The number of rotatable bonds is 5. The van der Waals surface area contributed by atoms with Crippen molar-refractivity contribution in [2.24, 2.45) is 0 Å². The molecule has 0 aromatic heterocycles. The van der Waals surface area contributed by atoms with Crippen LogP contribution >= 0.6 is 0 Å². The van der Waals surface area contributed by atoms with Gasteiger partial charge in [-0.3, -0.25) is 9.52 Å². The van der Waals surface area contributed by atoms with E-state index in [1.807, 2.05) is 6.07 Å². The van der Waals surface area contributed by atoms with Crippen molar-refractivity contribution in [3.63, 3.8) is 0 Å². The lowest BCUT2D eigenvalue weighted by atomic mass is 10.2. The maximum absolute atomic E-state index is 11.9. The molecule has 2 aromatic rings. The summed E-state index contributed by atoms with van der Waals surface area (Å²) < 4.78 is 26.4. The first-order chi connectivity index (χ1) is 9.09. The molecule has 0 radical (unpaired) electrons. The average Bonchev–Trinajstić information content (AvgIpc) is 2.39. The van der Waals surface area contributed by atoms with Crippen LogP contribution in [0.5, 0.6) is 0 Å². The fourth-order valence-corrected chi connectivity index (χ4v) is 2.84. The van der Waals surface area contributed by atoms with Crippen LogP contribution in [0.3, 0.4) is 0 Å². The van der Waals surface area contributed by atoms with E-state index in [1.165, 1.54) is 0 Å². The summed E-state index contributed by atoms with van der Waals surface area (Å²) in [6.45, 7) is 0. The fraction of sp³-hybridized carbons (Fsp3) is 0.0714. The standard InChI is InChI=1S/C14H13NO3S/c16-10-12-6-8-14(9-7-12)15-19(17,18)11-13-4-2-1-3-5-13/h1-10,15H,11H2. The van der Waals surface area contributed by atoms with E-state index in [1.54, 1.807) is 48.5 Å². The Morgan fingerprint density at radius 1 is 0.947 bits per heavy atom. The Morgan fingerprint density at radius 3 is 2.16 bits per heavy atom. The van der Waals surface area contributed by atoms with Crippen LogP contribution in [0.25, 0.3) is 0 Å². The molecule has 0 saturated heterocycles. The molecule has 0 aliphatic carbocycles. The molecule has 0 atom stereocenters. The minimum atomic E-state index is -3.45. The number of carbonyl (C=O) groups excluding carboxylic acids is 1. The number of carbonyl (C=O) groups is 1. The van der Waals surface area contributed by atoms with Crippen LogP contribution in [0.15, 0.2) is 54.6 Å². The van der Waals surface area contributed by atoms with Gasteiger partial charge in [0, 0.05) is 11.3 Å². The van der Waals surface area contributed by atoms with Gasteiger partial charge in [0.25, 0.3) is 0 Å². The van der Waals surface area contributed by atoms with Gasteiger partial charge in [0.05, 0.1) is 5.75 Å². The molecule has 0 spiro atoms. The number of anilines is 1. The van der Waals surface area contributed by atoms with E-state index in [0.717, 1.165) is 5.56 Å². The zero-order valence-electron chi connectivity index (χ0n) is 10.1. The van der Waals surface area contributed by atoms with Gasteiger partial charge >= 0.3 is 0 Å². The van der Waals surface area contributed by atoms with E-state index in [9.17, 15) is 13.2 Å². The van der Waals surface area contributed by atoms with Crippen LogP contribution in [0.1, 0.15) is 15.9 Å². The average molecular weight is 275 g/mol. The first-order valence-electron chi connectivity index (χ1n) is 5.69. The van der Waals surface area contributed by atoms with Crippen molar-refractivity contribution in [1.82, 2.24) is 0 Å². The van der Waals surface area contributed by atoms with Gasteiger partial charge in [-0.05, 0) is 29.8 Å². The Bertz CT molecular complexity index is 649. The number of nitrogens with one attached hydrogen (secondary N) is 1. The summed E-state index contributed by atoms with van der Waals surface area (Å²) in [5.74, 6) is -0.0801. The van der Waals surface area contributed by atoms with Crippen LogP contribution < -0.4 is 4.72 Å². The predicted octanol–water partition coefficient (Wildman–Crippen LogP) is 2.44. The number of aldehydes is 1. The molecule has 4 nitrogen and oxygen atoms in total.